The van der Waals surface area contributed by atoms with Crippen molar-refractivity contribution in [2.24, 2.45) is 5.92 Å². The summed E-state index contributed by atoms with van der Waals surface area (Å²) >= 11 is 0. The number of nitriles is 1. The lowest BCUT2D eigenvalue weighted by atomic mass is 10.0. The average Bonchev–Trinajstić information content (AvgIpc) is 1.89. The first-order valence-corrected chi connectivity index (χ1v) is 3.02. The lowest BCUT2D eigenvalue weighted by Gasteiger charge is -1.95. The summed E-state index contributed by atoms with van der Waals surface area (Å²) in [5.41, 5.74) is 0. The van der Waals surface area contributed by atoms with E-state index >= 15 is 0 Å². The quantitative estimate of drug-likeness (QED) is 0.532. The van der Waals surface area contributed by atoms with E-state index in [2.05, 4.69) is 11.8 Å². The van der Waals surface area contributed by atoms with Crippen molar-refractivity contribution in [3.05, 3.63) is 0 Å². The minimum atomic E-state index is -0.535. The molecule has 2 heteroatoms. The maximum absolute atomic E-state index is 10.6. The van der Waals surface area contributed by atoms with Crippen molar-refractivity contribution in [1.29, 1.82) is 5.26 Å². The minimum Gasteiger partial charge on any atom is -0.299 e. The standard InChI is InChI=1S/C8H9NO/c1-3-4-5-8(6-9)7(2)10/h8H,5H2,1-2H3. The predicted octanol–water partition coefficient (Wildman–Crippen LogP) is 1.13. The molecule has 0 aliphatic rings. The Kier molecular flexibility index (Phi) is 4.00. The number of ketones is 1. The van der Waals surface area contributed by atoms with Gasteiger partial charge in [0.2, 0.25) is 0 Å². The van der Waals surface area contributed by atoms with E-state index in [1.54, 1.807) is 6.92 Å². The van der Waals surface area contributed by atoms with Crippen molar-refractivity contribution in [3.8, 4) is 17.9 Å². The predicted molar refractivity (Wildman–Crippen MR) is 37.9 cm³/mol. The van der Waals surface area contributed by atoms with Crippen LogP contribution in [0.5, 0.6) is 0 Å². The first-order chi connectivity index (χ1) is 4.72. The molecule has 0 fully saturated rings. The maximum Gasteiger partial charge on any atom is 0.147 e. The van der Waals surface area contributed by atoms with Gasteiger partial charge >= 0.3 is 0 Å². The Morgan fingerprint density at radius 1 is 1.70 bits per heavy atom. The summed E-state index contributed by atoms with van der Waals surface area (Å²) in [6.07, 6.45) is 0.363. The zero-order valence-corrected chi connectivity index (χ0v) is 6.14. The fraction of sp³-hybridized carbons (Fsp3) is 0.500. The van der Waals surface area contributed by atoms with Gasteiger partial charge in [0.1, 0.15) is 11.7 Å². The first-order valence-electron chi connectivity index (χ1n) is 3.02. The van der Waals surface area contributed by atoms with Crippen LogP contribution in [0, 0.1) is 29.1 Å². The highest BCUT2D eigenvalue weighted by atomic mass is 16.1. The topological polar surface area (TPSA) is 40.9 Å². The number of Topliss-reactive ketones (excluding diaryl/α,β-unsaturated/α-hetero) is 1. The van der Waals surface area contributed by atoms with E-state index in [1.165, 1.54) is 6.92 Å². The van der Waals surface area contributed by atoms with Crippen molar-refractivity contribution in [2.45, 2.75) is 20.3 Å². The third kappa shape index (κ3) is 2.89. The molecular formula is C8H9NO. The lowest BCUT2D eigenvalue weighted by molar-refractivity contribution is -0.119. The molecule has 2 nitrogen and oxygen atoms in total. The van der Waals surface area contributed by atoms with Gasteiger partial charge in [-0.25, -0.2) is 0 Å². The van der Waals surface area contributed by atoms with Crippen LogP contribution in [0.15, 0.2) is 0 Å². The van der Waals surface area contributed by atoms with Crippen molar-refractivity contribution in [2.75, 3.05) is 0 Å². The van der Waals surface area contributed by atoms with Gasteiger partial charge in [0.15, 0.2) is 0 Å². The molecule has 0 aromatic rings. The monoisotopic (exact) mass is 135 g/mol. The number of carbonyl (C=O) groups is 1. The van der Waals surface area contributed by atoms with Crippen LogP contribution in [0.25, 0.3) is 0 Å². The maximum atomic E-state index is 10.6. The van der Waals surface area contributed by atoms with Crippen LogP contribution >= 0.6 is 0 Å². The van der Waals surface area contributed by atoms with Gasteiger partial charge in [0.05, 0.1) is 6.07 Å². The molecule has 0 saturated heterocycles. The zero-order valence-electron chi connectivity index (χ0n) is 6.14. The molecule has 0 aliphatic heterocycles. The van der Waals surface area contributed by atoms with Crippen molar-refractivity contribution in [3.63, 3.8) is 0 Å². The van der Waals surface area contributed by atoms with Crippen molar-refractivity contribution >= 4 is 5.78 Å². The van der Waals surface area contributed by atoms with Gasteiger partial charge < -0.3 is 0 Å². The second kappa shape index (κ2) is 4.58. The van der Waals surface area contributed by atoms with Gasteiger partial charge in [0, 0.05) is 6.42 Å². The minimum absolute atomic E-state index is 0.106. The van der Waals surface area contributed by atoms with E-state index in [4.69, 9.17) is 5.26 Å². The molecule has 0 aliphatic carbocycles. The molecule has 10 heavy (non-hydrogen) atoms. The van der Waals surface area contributed by atoms with Crippen LogP contribution in [-0.4, -0.2) is 5.78 Å². The van der Waals surface area contributed by atoms with E-state index in [9.17, 15) is 4.79 Å². The summed E-state index contributed by atoms with van der Waals surface area (Å²) in [7, 11) is 0. The molecule has 0 rings (SSSR count). The summed E-state index contributed by atoms with van der Waals surface area (Å²) in [5.74, 6) is 4.68. The fourth-order valence-electron chi connectivity index (χ4n) is 0.484. The van der Waals surface area contributed by atoms with Crippen molar-refractivity contribution < 1.29 is 4.79 Å². The summed E-state index contributed by atoms with van der Waals surface area (Å²) in [4.78, 5) is 10.6. The van der Waals surface area contributed by atoms with Crippen LogP contribution in [0.1, 0.15) is 20.3 Å². The molecule has 1 atom stereocenters. The van der Waals surface area contributed by atoms with E-state index in [-0.39, 0.29) is 5.78 Å². The second-order valence-electron chi connectivity index (χ2n) is 1.92. The van der Waals surface area contributed by atoms with Gasteiger partial charge in [-0.2, -0.15) is 5.26 Å². The van der Waals surface area contributed by atoms with E-state index in [1.807, 2.05) is 6.07 Å². The van der Waals surface area contributed by atoms with Crippen LogP contribution in [0.4, 0.5) is 0 Å². The van der Waals surface area contributed by atoms with E-state index < -0.39 is 5.92 Å². The second-order valence-corrected chi connectivity index (χ2v) is 1.92. The van der Waals surface area contributed by atoms with Gasteiger partial charge in [0.25, 0.3) is 0 Å². The Morgan fingerprint density at radius 2 is 2.30 bits per heavy atom. The lowest BCUT2D eigenvalue weighted by Crippen LogP contribution is -2.06. The largest absolute Gasteiger partial charge is 0.299 e. The molecular weight excluding hydrogens is 126 g/mol. The Balaban J connectivity index is 3.96. The van der Waals surface area contributed by atoms with Gasteiger partial charge in [-0.1, -0.05) is 0 Å². The molecule has 0 spiro atoms. The van der Waals surface area contributed by atoms with Crippen LogP contribution in [0.3, 0.4) is 0 Å². The number of hydrogen-bond acceptors (Lipinski definition) is 2. The average molecular weight is 135 g/mol. The molecule has 0 bridgehead atoms. The smallest absolute Gasteiger partial charge is 0.147 e. The third-order valence-corrected chi connectivity index (χ3v) is 1.13. The van der Waals surface area contributed by atoms with Gasteiger partial charge in [-0.3, -0.25) is 4.79 Å². The summed E-state index contributed by atoms with van der Waals surface area (Å²) in [6, 6.07) is 1.88. The number of rotatable bonds is 2. The molecule has 0 heterocycles. The van der Waals surface area contributed by atoms with Crippen molar-refractivity contribution in [1.82, 2.24) is 0 Å². The Labute approximate surface area is 60.8 Å². The molecule has 0 aromatic heterocycles. The van der Waals surface area contributed by atoms with Crippen LogP contribution < -0.4 is 0 Å². The highest BCUT2D eigenvalue weighted by Crippen LogP contribution is 2.00. The Morgan fingerprint density at radius 3 is 2.60 bits per heavy atom. The fourth-order valence-corrected chi connectivity index (χ4v) is 0.484. The molecule has 52 valence electrons. The highest BCUT2D eigenvalue weighted by Gasteiger charge is 2.09. The summed E-state index contributed by atoms with van der Waals surface area (Å²) in [6.45, 7) is 3.10. The molecule has 0 amide bonds. The molecule has 0 aromatic carbocycles. The molecule has 0 radical (unpaired) electrons. The Bertz CT molecular complexity index is 214. The number of nitrogens with zero attached hydrogens (tertiary/aromatic N) is 1. The van der Waals surface area contributed by atoms with E-state index in [0.29, 0.717) is 6.42 Å². The normalized spacial score (nSPS) is 10.5. The SMILES string of the molecule is CC#CCC(C#N)C(C)=O. The summed E-state index contributed by atoms with van der Waals surface area (Å²) < 4.78 is 0. The van der Waals surface area contributed by atoms with E-state index in [0.717, 1.165) is 0 Å². The van der Waals surface area contributed by atoms with Crippen LogP contribution in [0.2, 0.25) is 0 Å². The third-order valence-electron chi connectivity index (χ3n) is 1.13. The Hall–Kier alpha value is -1.28. The van der Waals surface area contributed by atoms with Gasteiger partial charge in [-0.05, 0) is 13.8 Å². The molecule has 0 N–H and O–H groups in total. The molecule has 1 unspecified atom stereocenters. The van der Waals surface area contributed by atoms with Crippen LogP contribution in [-0.2, 0) is 4.79 Å². The zero-order chi connectivity index (χ0) is 7.98. The highest BCUT2D eigenvalue weighted by molar-refractivity contribution is 5.80. The van der Waals surface area contributed by atoms with Gasteiger partial charge in [-0.15, -0.1) is 11.8 Å². The number of carbonyl (C=O) groups excluding carboxylic acids is 1. The first kappa shape index (κ1) is 8.72. The molecule has 0 saturated carbocycles. The summed E-state index contributed by atoms with van der Waals surface area (Å²) in [5, 5.41) is 8.38. The number of hydrogen-bond donors (Lipinski definition) is 0.